The number of nitrogens with zero attached hydrogens (tertiary/aromatic N) is 2. The summed E-state index contributed by atoms with van der Waals surface area (Å²) in [5.41, 5.74) is -0.442. The number of benzene rings is 1. The quantitative estimate of drug-likeness (QED) is 0.841. The number of hydrogen-bond donors (Lipinski definition) is 1. The number of rotatable bonds is 2. The third-order valence-electron chi connectivity index (χ3n) is 2.82. The van der Waals surface area contributed by atoms with Crippen molar-refractivity contribution in [3.63, 3.8) is 0 Å². The molecule has 0 atom stereocenters. The molecule has 1 heterocycles. The largest absolute Gasteiger partial charge is 0.334 e. The minimum absolute atomic E-state index is 0.0345. The van der Waals surface area contributed by atoms with E-state index in [9.17, 15) is 9.59 Å². The molecule has 0 saturated heterocycles. The van der Waals surface area contributed by atoms with E-state index < -0.39 is 11.2 Å². The molecule has 1 N–H and O–H groups in total. The Morgan fingerprint density at radius 3 is 2.75 bits per heavy atom. The SMILES string of the molecule is CCc1c(Cl)[nH]c(=O)n(-c2cc(Br)ccc2C#N)c1=O. The van der Waals surface area contributed by atoms with Crippen molar-refractivity contribution in [3.05, 3.63) is 59.8 Å². The first-order valence-electron chi connectivity index (χ1n) is 5.73. The Morgan fingerprint density at radius 2 is 2.15 bits per heavy atom. The van der Waals surface area contributed by atoms with E-state index in [0.29, 0.717) is 16.5 Å². The third kappa shape index (κ3) is 2.42. The van der Waals surface area contributed by atoms with E-state index in [1.165, 1.54) is 6.07 Å². The van der Waals surface area contributed by atoms with Crippen LogP contribution in [0.4, 0.5) is 0 Å². The van der Waals surface area contributed by atoms with E-state index in [0.717, 1.165) is 4.57 Å². The van der Waals surface area contributed by atoms with Gasteiger partial charge < -0.3 is 0 Å². The van der Waals surface area contributed by atoms with Gasteiger partial charge in [0.05, 0.1) is 16.8 Å². The molecule has 0 aliphatic heterocycles. The van der Waals surface area contributed by atoms with Gasteiger partial charge in [-0.3, -0.25) is 9.78 Å². The summed E-state index contributed by atoms with van der Waals surface area (Å²) >= 11 is 9.12. The van der Waals surface area contributed by atoms with Crippen LogP contribution in [0.3, 0.4) is 0 Å². The molecule has 7 heteroatoms. The van der Waals surface area contributed by atoms with E-state index >= 15 is 0 Å². The number of aromatic nitrogens is 2. The normalized spacial score (nSPS) is 10.3. The van der Waals surface area contributed by atoms with Gasteiger partial charge in [-0.1, -0.05) is 34.5 Å². The van der Waals surface area contributed by atoms with E-state index in [1.807, 2.05) is 6.07 Å². The number of nitriles is 1. The molecule has 0 aliphatic rings. The van der Waals surface area contributed by atoms with Crippen LogP contribution >= 0.6 is 27.5 Å². The van der Waals surface area contributed by atoms with Crippen LogP contribution in [0.15, 0.2) is 32.3 Å². The van der Waals surface area contributed by atoms with Crippen LogP contribution in [0, 0.1) is 11.3 Å². The van der Waals surface area contributed by atoms with Crippen molar-refractivity contribution in [3.8, 4) is 11.8 Å². The first-order chi connectivity index (χ1) is 9.49. The van der Waals surface area contributed by atoms with Gasteiger partial charge >= 0.3 is 5.69 Å². The summed E-state index contributed by atoms with van der Waals surface area (Å²) in [6.07, 6.45) is 0.379. The van der Waals surface area contributed by atoms with Crippen LogP contribution in [-0.2, 0) is 6.42 Å². The van der Waals surface area contributed by atoms with Crippen molar-refractivity contribution in [2.24, 2.45) is 0 Å². The lowest BCUT2D eigenvalue weighted by molar-refractivity contribution is 0.839. The zero-order valence-corrected chi connectivity index (χ0v) is 12.7. The maximum atomic E-state index is 12.4. The van der Waals surface area contributed by atoms with Gasteiger partial charge in [-0.2, -0.15) is 5.26 Å². The van der Waals surface area contributed by atoms with E-state index in [1.54, 1.807) is 19.1 Å². The molecule has 102 valence electrons. The average molecular weight is 355 g/mol. The second kappa shape index (κ2) is 5.65. The van der Waals surface area contributed by atoms with Gasteiger partial charge in [0.25, 0.3) is 5.56 Å². The lowest BCUT2D eigenvalue weighted by Crippen LogP contribution is -2.36. The lowest BCUT2D eigenvalue weighted by atomic mass is 10.2. The molecule has 20 heavy (non-hydrogen) atoms. The Hall–Kier alpha value is -1.84. The number of H-pyrrole nitrogens is 1. The fourth-order valence-electron chi connectivity index (χ4n) is 1.86. The number of hydrogen-bond acceptors (Lipinski definition) is 3. The predicted molar refractivity (Wildman–Crippen MR) is 79.5 cm³/mol. The highest BCUT2D eigenvalue weighted by Crippen LogP contribution is 2.18. The van der Waals surface area contributed by atoms with Gasteiger partial charge in [-0.15, -0.1) is 0 Å². The van der Waals surface area contributed by atoms with Gasteiger partial charge in [-0.25, -0.2) is 9.36 Å². The summed E-state index contributed by atoms with van der Waals surface area (Å²) in [5.74, 6) is 0. The van der Waals surface area contributed by atoms with Crippen molar-refractivity contribution in [2.75, 3.05) is 0 Å². The van der Waals surface area contributed by atoms with Crippen molar-refractivity contribution >= 4 is 27.5 Å². The summed E-state index contributed by atoms with van der Waals surface area (Å²) in [7, 11) is 0. The summed E-state index contributed by atoms with van der Waals surface area (Å²) in [4.78, 5) is 26.8. The van der Waals surface area contributed by atoms with Crippen LogP contribution < -0.4 is 11.2 Å². The molecule has 0 saturated carbocycles. The molecule has 1 aromatic carbocycles. The fourth-order valence-corrected chi connectivity index (χ4v) is 2.50. The van der Waals surface area contributed by atoms with Gasteiger partial charge in [0.15, 0.2) is 0 Å². The molecular formula is C13H9BrClN3O2. The number of aromatic amines is 1. The zero-order valence-electron chi connectivity index (χ0n) is 10.4. The molecule has 0 radical (unpaired) electrons. The second-order valence-corrected chi connectivity index (χ2v) is 5.28. The van der Waals surface area contributed by atoms with Crippen LogP contribution in [0.5, 0.6) is 0 Å². The van der Waals surface area contributed by atoms with Crippen molar-refractivity contribution < 1.29 is 0 Å². The maximum absolute atomic E-state index is 12.4. The molecule has 0 unspecified atom stereocenters. The van der Waals surface area contributed by atoms with Gasteiger partial charge in [0.1, 0.15) is 11.2 Å². The van der Waals surface area contributed by atoms with Gasteiger partial charge in [-0.05, 0) is 24.6 Å². The maximum Gasteiger partial charge on any atom is 0.334 e. The van der Waals surface area contributed by atoms with Gasteiger partial charge in [0.2, 0.25) is 0 Å². The number of nitrogens with one attached hydrogen (secondary N) is 1. The molecule has 5 nitrogen and oxygen atoms in total. The first-order valence-corrected chi connectivity index (χ1v) is 6.90. The first kappa shape index (κ1) is 14.6. The van der Waals surface area contributed by atoms with Crippen molar-refractivity contribution in [2.45, 2.75) is 13.3 Å². The van der Waals surface area contributed by atoms with Gasteiger partial charge in [0, 0.05) is 4.47 Å². The minimum Gasteiger partial charge on any atom is -0.297 e. The molecule has 0 amide bonds. The van der Waals surface area contributed by atoms with E-state index in [4.69, 9.17) is 16.9 Å². The van der Waals surface area contributed by atoms with Crippen molar-refractivity contribution in [1.29, 1.82) is 5.26 Å². The van der Waals surface area contributed by atoms with E-state index in [-0.39, 0.29) is 16.4 Å². The Bertz CT molecular complexity index is 833. The summed E-state index contributed by atoms with van der Waals surface area (Å²) < 4.78 is 1.58. The van der Waals surface area contributed by atoms with E-state index in [2.05, 4.69) is 20.9 Å². The Morgan fingerprint density at radius 1 is 1.45 bits per heavy atom. The van der Waals surface area contributed by atoms with Crippen LogP contribution in [-0.4, -0.2) is 9.55 Å². The zero-order chi connectivity index (χ0) is 14.9. The molecule has 0 spiro atoms. The summed E-state index contributed by atoms with van der Waals surface area (Å²) in [5, 5.41) is 9.15. The topological polar surface area (TPSA) is 78.7 Å². The highest BCUT2D eigenvalue weighted by atomic mass is 79.9. The Balaban J connectivity index is 2.91. The lowest BCUT2D eigenvalue weighted by Gasteiger charge is -2.09. The molecule has 0 bridgehead atoms. The third-order valence-corrected chi connectivity index (χ3v) is 3.64. The highest BCUT2D eigenvalue weighted by Gasteiger charge is 2.15. The van der Waals surface area contributed by atoms with Crippen LogP contribution in [0.2, 0.25) is 5.15 Å². The Labute approximate surface area is 127 Å². The van der Waals surface area contributed by atoms with Crippen LogP contribution in [0.1, 0.15) is 18.1 Å². The highest BCUT2D eigenvalue weighted by molar-refractivity contribution is 9.10. The molecule has 0 fully saturated rings. The molecule has 2 aromatic rings. The molecular weight excluding hydrogens is 346 g/mol. The molecule has 0 aliphatic carbocycles. The second-order valence-electron chi connectivity index (χ2n) is 3.99. The Kier molecular flexibility index (Phi) is 4.12. The minimum atomic E-state index is -0.674. The average Bonchev–Trinajstić information content (AvgIpc) is 2.39. The fraction of sp³-hybridized carbons (Fsp3) is 0.154. The van der Waals surface area contributed by atoms with Crippen LogP contribution in [0.25, 0.3) is 5.69 Å². The monoisotopic (exact) mass is 353 g/mol. The molecule has 2 rings (SSSR count). The summed E-state index contributed by atoms with van der Waals surface area (Å²) in [6.45, 7) is 1.76. The number of halogens is 2. The predicted octanol–water partition coefficient (Wildman–Crippen LogP) is 2.38. The summed E-state index contributed by atoms with van der Waals surface area (Å²) in [6, 6.07) is 6.70. The standard InChI is InChI=1S/C13H9BrClN3O2/c1-2-9-11(15)17-13(20)18(12(9)19)10-5-8(14)4-3-7(10)6-16/h3-5H,2H2,1H3,(H,17,20). The van der Waals surface area contributed by atoms with Crippen molar-refractivity contribution in [1.82, 2.24) is 9.55 Å². The molecule has 1 aromatic heterocycles. The smallest absolute Gasteiger partial charge is 0.297 e.